The monoisotopic (exact) mass is 280 g/mol. The van der Waals surface area contributed by atoms with Crippen molar-refractivity contribution in [2.45, 2.75) is 43.1 Å². The number of hydrogen-bond donors (Lipinski definition) is 0. The molecule has 0 aliphatic carbocycles. The SMILES string of the molecule is Cc1ccc(C2=CC3CCCC(C2)S3)c2ccccc12. The lowest BCUT2D eigenvalue weighted by Gasteiger charge is -2.33. The van der Waals surface area contributed by atoms with E-state index in [1.165, 1.54) is 47.6 Å². The fraction of sp³-hybridized carbons (Fsp3) is 0.368. The third-order valence-corrected chi connectivity index (χ3v) is 6.21. The molecule has 4 rings (SSSR count). The Labute approximate surface area is 125 Å². The van der Waals surface area contributed by atoms with Gasteiger partial charge in [0.05, 0.1) is 0 Å². The van der Waals surface area contributed by atoms with Gasteiger partial charge in [-0.3, -0.25) is 0 Å². The van der Waals surface area contributed by atoms with Gasteiger partial charge in [-0.05, 0) is 53.7 Å². The van der Waals surface area contributed by atoms with Gasteiger partial charge in [0, 0.05) is 10.5 Å². The fourth-order valence-electron chi connectivity index (χ4n) is 3.67. The summed E-state index contributed by atoms with van der Waals surface area (Å²) in [5.41, 5.74) is 4.45. The van der Waals surface area contributed by atoms with Crippen molar-refractivity contribution in [3.8, 4) is 0 Å². The highest BCUT2D eigenvalue weighted by Crippen LogP contribution is 2.44. The maximum absolute atomic E-state index is 2.55. The zero-order chi connectivity index (χ0) is 13.5. The van der Waals surface area contributed by atoms with Crippen molar-refractivity contribution in [3.05, 3.63) is 53.6 Å². The Balaban J connectivity index is 1.86. The van der Waals surface area contributed by atoms with E-state index in [1.807, 2.05) is 0 Å². The molecule has 1 heteroatoms. The van der Waals surface area contributed by atoms with Gasteiger partial charge in [0.1, 0.15) is 0 Å². The van der Waals surface area contributed by atoms with Crippen LogP contribution in [0, 0.1) is 6.92 Å². The molecular formula is C19H20S. The number of rotatable bonds is 1. The second-order valence-electron chi connectivity index (χ2n) is 6.10. The Morgan fingerprint density at radius 1 is 1.00 bits per heavy atom. The summed E-state index contributed by atoms with van der Waals surface area (Å²) >= 11 is 2.20. The van der Waals surface area contributed by atoms with Gasteiger partial charge in [-0.25, -0.2) is 0 Å². The van der Waals surface area contributed by atoms with Crippen LogP contribution in [0.2, 0.25) is 0 Å². The Kier molecular flexibility index (Phi) is 3.11. The maximum atomic E-state index is 2.55. The van der Waals surface area contributed by atoms with Gasteiger partial charge < -0.3 is 0 Å². The summed E-state index contributed by atoms with van der Waals surface area (Å²) in [5, 5.41) is 4.46. The molecule has 2 bridgehead atoms. The average Bonchev–Trinajstić information content (AvgIpc) is 2.47. The Hall–Kier alpha value is -1.21. The lowest BCUT2D eigenvalue weighted by molar-refractivity contribution is 0.630. The minimum Gasteiger partial charge on any atom is -0.151 e. The van der Waals surface area contributed by atoms with Crippen molar-refractivity contribution in [2.75, 3.05) is 0 Å². The zero-order valence-corrected chi connectivity index (χ0v) is 12.7. The van der Waals surface area contributed by atoms with Crippen LogP contribution < -0.4 is 0 Å². The highest BCUT2D eigenvalue weighted by Gasteiger charge is 2.27. The third kappa shape index (κ3) is 2.09. The van der Waals surface area contributed by atoms with Crippen LogP contribution in [0.4, 0.5) is 0 Å². The van der Waals surface area contributed by atoms with Gasteiger partial charge in [-0.15, -0.1) is 0 Å². The van der Waals surface area contributed by atoms with E-state index >= 15 is 0 Å². The van der Waals surface area contributed by atoms with E-state index < -0.39 is 0 Å². The van der Waals surface area contributed by atoms with E-state index in [0.717, 1.165) is 10.5 Å². The molecule has 1 fully saturated rings. The number of benzene rings is 2. The fourth-order valence-corrected chi connectivity index (χ4v) is 5.29. The summed E-state index contributed by atoms with van der Waals surface area (Å²) in [7, 11) is 0. The van der Waals surface area contributed by atoms with Gasteiger partial charge >= 0.3 is 0 Å². The molecule has 0 amide bonds. The molecule has 0 N–H and O–H groups in total. The van der Waals surface area contributed by atoms with Gasteiger partial charge in [0.2, 0.25) is 0 Å². The highest BCUT2D eigenvalue weighted by molar-refractivity contribution is 8.00. The van der Waals surface area contributed by atoms with Gasteiger partial charge in [0.15, 0.2) is 0 Å². The predicted octanol–water partition coefficient (Wildman–Crippen LogP) is 5.59. The lowest BCUT2D eigenvalue weighted by atomic mass is 9.89. The first-order chi connectivity index (χ1) is 9.81. The highest BCUT2D eigenvalue weighted by atomic mass is 32.2. The Morgan fingerprint density at radius 2 is 1.85 bits per heavy atom. The van der Waals surface area contributed by atoms with E-state index in [2.05, 4.69) is 61.2 Å². The second-order valence-corrected chi connectivity index (χ2v) is 7.64. The minimum atomic E-state index is 0.762. The first kappa shape index (κ1) is 12.5. The van der Waals surface area contributed by atoms with Crippen LogP contribution >= 0.6 is 11.8 Å². The summed E-state index contributed by atoms with van der Waals surface area (Å²) in [6.45, 7) is 2.21. The molecule has 2 aromatic carbocycles. The van der Waals surface area contributed by atoms with E-state index in [9.17, 15) is 0 Å². The number of allylic oxidation sites excluding steroid dienone is 1. The average molecular weight is 280 g/mol. The Morgan fingerprint density at radius 3 is 2.70 bits per heavy atom. The quantitative estimate of drug-likeness (QED) is 0.656. The van der Waals surface area contributed by atoms with Crippen LogP contribution in [-0.2, 0) is 0 Å². The standard InChI is InChI=1S/C19H20S/c1-13-9-10-18(19-8-3-2-7-17(13)19)14-11-15-5-4-6-16(12-14)20-15/h2-3,7-11,15-16H,4-6,12H2,1H3. The van der Waals surface area contributed by atoms with Crippen molar-refractivity contribution in [1.82, 2.24) is 0 Å². The molecule has 102 valence electrons. The Bertz CT molecular complexity index is 683. The van der Waals surface area contributed by atoms with E-state index in [4.69, 9.17) is 0 Å². The van der Waals surface area contributed by atoms with Gasteiger partial charge in [0.25, 0.3) is 0 Å². The second kappa shape index (κ2) is 4.96. The van der Waals surface area contributed by atoms with Gasteiger partial charge in [-0.1, -0.05) is 48.9 Å². The zero-order valence-electron chi connectivity index (χ0n) is 11.9. The molecule has 0 aromatic heterocycles. The number of hydrogen-bond acceptors (Lipinski definition) is 1. The molecule has 2 atom stereocenters. The number of thioether (sulfide) groups is 1. The summed E-state index contributed by atoms with van der Waals surface area (Å²) in [6, 6.07) is 13.5. The molecule has 2 heterocycles. The molecule has 0 saturated carbocycles. The molecule has 1 saturated heterocycles. The number of fused-ring (bicyclic) bond motifs is 3. The minimum absolute atomic E-state index is 0.762. The molecule has 0 spiro atoms. The largest absolute Gasteiger partial charge is 0.151 e. The molecule has 0 radical (unpaired) electrons. The van der Waals surface area contributed by atoms with Crippen molar-refractivity contribution in [2.24, 2.45) is 0 Å². The lowest BCUT2D eigenvalue weighted by Crippen LogP contribution is -2.21. The van der Waals surface area contributed by atoms with Crippen LogP contribution in [0.15, 0.2) is 42.5 Å². The van der Waals surface area contributed by atoms with Gasteiger partial charge in [-0.2, -0.15) is 11.8 Å². The van der Waals surface area contributed by atoms with Crippen LogP contribution in [-0.4, -0.2) is 10.5 Å². The first-order valence-corrected chi connectivity index (χ1v) is 8.60. The van der Waals surface area contributed by atoms with E-state index in [-0.39, 0.29) is 0 Å². The van der Waals surface area contributed by atoms with Crippen LogP contribution in [0.25, 0.3) is 16.3 Å². The smallest absolute Gasteiger partial charge is 0.0235 e. The molecule has 0 nitrogen and oxygen atoms in total. The molecule has 20 heavy (non-hydrogen) atoms. The maximum Gasteiger partial charge on any atom is 0.0235 e. The molecule has 2 unspecified atom stereocenters. The van der Waals surface area contributed by atoms with E-state index in [0.29, 0.717) is 0 Å². The predicted molar refractivity (Wildman–Crippen MR) is 90.3 cm³/mol. The first-order valence-electron chi connectivity index (χ1n) is 7.66. The molecule has 2 aromatic rings. The summed E-state index contributed by atoms with van der Waals surface area (Å²) in [4.78, 5) is 0. The molecular weight excluding hydrogens is 260 g/mol. The molecule has 2 aliphatic heterocycles. The summed E-state index contributed by atoms with van der Waals surface area (Å²) in [6.07, 6.45) is 8.00. The van der Waals surface area contributed by atoms with Crippen LogP contribution in [0.3, 0.4) is 0 Å². The summed E-state index contributed by atoms with van der Waals surface area (Å²) in [5.74, 6) is 0. The van der Waals surface area contributed by atoms with Crippen LogP contribution in [0.1, 0.15) is 36.8 Å². The van der Waals surface area contributed by atoms with Crippen molar-refractivity contribution in [1.29, 1.82) is 0 Å². The number of aryl methyl sites for hydroxylation is 1. The normalized spacial score (nSPS) is 25.6. The van der Waals surface area contributed by atoms with E-state index in [1.54, 1.807) is 5.57 Å². The van der Waals surface area contributed by atoms with Crippen molar-refractivity contribution >= 4 is 28.1 Å². The third-order valence-electron chi connectivity index (χ3n) is 4.70. The van der Waals surface area contributed by atoms with Crippen molar-refractivity contribution < 1.29 is 0 Å². The summed E-state index contributed by atoms with van der Waals surface area (Å²) < 4.78 is 0. The van der Waals surface area contributed by atoms with Crippen molar-refractivity contribution in [3.63, 3.8) is 0 Å². The topological polar surface area (TPSA) is 0 Å². The molecule has 2 aliphatic rings. The van der Waals surface area contributed by atoms with Crippen LogP contribution in [0.5, 0.6) is 0 Å².